The monoisotopic (exact) mass is 933 g/mol. The van der Waals surface area contributed by atoms with Gasteiger partial charge < -0.3 is 21.9 Å². The number of benzene rings is 6. The molecular weight excluding hydrogens is 883 g/mol. The van der Waals surface area contributed by atoms with Gasteiger partial charge in [0.25, 0.3) is 0 Å². The Labute approximate surface area is 410 Å². The van der Waals surface area contributed by atoms with Gasteiger partial charge in [0.1, 0.15) is 11.0 Å². The average Bonchev–Trinajstić information content (AvgIpc) is 3.96. The van der Waals surface area contributed by atoms with Crippen LogP contribution in [-0.2, 0) is 25.4 Å². The molecule has 2 fully saturated rings. The van der Waals surface area contributed by atoms with Gasteiger partial charge in [-0.25, -0.2) is 23.8 Å². The van der Waals surface area contributed by atoms with Crippen LogP contribution in [0.5, 0.6) is 0 Å². The Balaban J connectivity index is 0.000000154. The summed E-state index contributed by atoms with van der Waals surface area (Å²) in [4.78, 5) is 33.2. The van der Waals surface area contributed by atoms with E-state index in [0.717, 1.165) is 115 Å². The number of amides is 1. The Bertz CT molecular complexity index is 3700. The van der Waals surface area contributed by atoms with Crippen molar-refractivity contribution in [3.63, 3.8) is 0 Å². The number of rotatable bonds is 10. The van der Waals surface area contributed by atoms with Crippen LogP contribution >= 0.6 is 0 Å². The van der Waals surface area contributed by atoms with Crippen molar-refractivity contribution in [2.75, 3.05) is 7.11 Å². The van der Waals surface area contributed by atoms with Gasteiger partial charge in [-0.2, -0.15) is 10.2 Å². The topological polar surface area (TPSA) is 182 Å². The fourth-order valence-electron chi connectivity index (χ4n) is 9.74. The molecule has 1 amide bonds. The van der Waals surface area contributed by atoms with Gasteiger partial charge in [-0.05, 0) is 85.1 Å². The number of nitrogens with two attached hydrogens (primary N) is 3. The predicted octanol–water partition coefficient (Wildman–Crippen LogP) is 10.8. The average molecular weight is 934 g/mol. The Hall–Kier alpha value is -8.58. The molecule has 4 aromatic heterocycles. The molecule has 350 valence electrons. The van der Waals surface area contributed by atoms with Crippen LogP contribution in [0.25, 0.3) is 90.0 Å². The van der Waals surface area contributed by atoms with Gasteiger partial charge in [0.05, 0.1) is 18.5 Å². The largest absolute Gasteiger partial charge is 0.466 e. The van der Waals surface area contributed by atoms with Crippen LogP contribution in [0.3, 0.4) is 0 Å². The van der Waals surface area contributed by atoms with Gasteiger partial charge >= 0.3 is 5.97 Å². The van der Waals surface area contributed by atoms with Gasteiger partial charge in [-0.15, -0.1) is 0 Å². The zero-order valence-corrected chi connectivity index (χ0v) is 39.2. The molecule has 0 atom stereocenters. The molecule has 71 heavy (non-hydrogen) atoms. The Morgan fingerprint density at radius 1 is 0.535 bits per heavy atom. The van der Waals surface area contributed by atoms with Crippen LogP contribution in [0.1, 0.15) is 60.8 Å². The molecule has 6 N–H and O–H groups in total. The molecule has 4 heterocycles. The van der Waals surface area contributed by atoms with Crippen molar-refractivity contribution in [1.82, 2.24) is 29.2 Å². The van der Waals surface area contributed by atoms with Gasteiger partial charge in [0.2, 0.25) is 5.91 Å². The van der Waals surface area contributed by atoms with E-state index in [1.807, 2.05) is 94.2 Å². The number of aromatic nitrogens is 6. The van der Waals surface area contributed by atoms with Crippen LogP contribution in [0, 0.1) is 0 Å². The summed E-state index contributed by atoms with van der Waals surface area (Å²) in [5.74, 6) is -0.908. The molecule has 2 aliphatic carbocycles. The summed E-state index contributed by atoms with van der Waals surface area (Å²) in [5, 5.41) is 11.5. The van der Waals surface area contributed by atoms with Crippen LogP contribution in [0.15, 0.2) is 170 Å². The van der Waals surface area contributed by atoms with Crippen LogP contribution in [0.2, 0.25) is 0 Å². The fourth-order valence-corrected chi connectivity index (χ4v) is 9.74. The minimum atomic E-state index is -0.498. The minimum Gasteiger partial charge on any atom is -0.466 e. The number of hydrogen-bond acceptors (Lipinski definition) is 9. The first-order valence-electron chi connectivity index (χ1n) is 23.9. The summed E-state index contributed by atoms with van der Waals surface area (Å²) in [7, 11) is 1.36. The first-order chi connectivity index (χ1) is 34.6. The van der Waals surface area contributed by atoms with E-state index in [4.69, 9.17) is 42.1 Å². The Morgan fingerprint density at radius 3 is 1.34 bits per heavy atom. The van der Waals surface area contributed by atoms with Crippen LogP contribution in [0.4, 0.5) is 0 Å². The maximum Gasteiger partial charge on any atom is 0.330 e. The van der Waals surface area contributed by atoms with E-state index < -0.39 is 11.9 Å². The van der Waals surface area contributed by atoms with Gasteiger partial charge in [-0.3, -0.25) is 4.79 Å². The van der Waals surface area contributed by atoms with Gasteiger partial charge in [-0.1, -0.05) is 133 Å². The molecule has 2 saturated carbocycles. The second kappa shape index (κ2) is 18.4. The highest BCUT2D eigenvalue weighted by molar-refractivity contribution is 6.01. The van der Waals surface area contributed by atoms with Crippen molar-refractivity contribution < 1.29 is 14.3 Å². The van der Waals surface area contributed by atoms with Crippen molar-refractivity contribution in [2.45, 2.75) is 49.6 Å². The van der Waals surface area contributed by atoms with Crippen molar-refractivity contribution in [3.8, 4) is 44.8 Å². The molecular formula is C59H51N9O3. The number of methoxy groups -OCH3 is 1. The lowest BCUT2D eigenvalue weighted by molar-refractivity contribution is -0.134. The van der Waals surface area contributed by atoms with Crippen molar-refractivity contribution in [1.29, 1.82) is 0 Å². The highest BCUT2D eigenvalue weighted by atomic mass is 16.5. The third kappa shape index (κ3) is 8.53. The van der Waals surface area contributed by atoms with Crippen molar-refractivity contribution >= 4 is 57.1 Å². The highest BCUT2D eigenvalue weighted by Gasteiger charge is 2.35. The smallest absolute Gasteiger partial charge is 0.330 e. The molecule has 10 aromatic rings. The molecule has 12 nitrogen and oxygen atoms in total. The van der Waals surface area contributed by atoms with E-state index >= 15 is 0 Å². The number of nitrogens with zero attached hydrogens (tertiary/aromatic N) is 6. The quantitative estimate of drug-likeness (QED) is 0.0888. The summed E-state index contributed by atoms with van der Waals surface area (Å²) in [6.45, 7) is 0. The first kappa shape index (κ1) is 44.9. The van der Waals surface area contributed by atoms with E-state index in [9.17, 15) is 9.59 Å². The summed E-state index contributed by atoms with van der Waals surface area (Å²) in [6, 6.07) is 49.2. The lowest BCUT2D eigenvalue weighted by Crippen LogP contribution is -2.43. The lowest BCUT2D eigenvalue weighted by Gasteiger charge is -2.38. The number of esters is 1. The molecule has 2 aliphatic rings. The molecule has 6 aromatic carbocycles. The maximum absolute atomic E-state index is 11.7. The molecule has 12 heteroatoms. The van der Waals surface area contributed by atoms with E-state index in [2.05, 4.69) is 72.8 Å². The Kier molecular flexibility index (Phi) is 11.6. The normalized spacial score (nSPS) is 14.9. The summed E-state index contributed by atoms with van der Waals surface area (Å²) in [5.41, 5.74) is 33.0. The van der Waals surface area contributed by atoms with E-state index in [-0.39, 0.29) is 11.1 Å². The molecule has 0 bridgehead atoms. The third-order valence-corrected chi connectivity index (χ3v) is 14.1. The van der Waals surface area contributed by atoms with Crippen LogP contribution in [-0.4, -0.2) is 48.2 Å². The summed E-state index contributed by atoms with van der Waals surface area (Å²) in [6.07, 6.45) is 16.7. The third-order valence-electron chi connectivity index (χ3n) is 14.1. The van der Waals surface area contributed by atoms with E-state index in [0.29, 0.717) is 0 Å². The summed E-state index contributed by atoms with van der Waals surface area (Å²) < 4.78 is 8.38. The highest BCUT2D eigenvalue weighted by Crippen LogP contribution is 2.42. The van der Waals surface area contributed by atoms with E-state index in [1.165, 1.54) is 43.2 Å². The summed E-state index contributed by atoms with van der Waals surface area (Å²) >= 11 is 0. The minimum absolute atomic E-state index is 0.200. The zero-order chi connectivity index (χ0) is 48.7. The van der Waals surface area contributed by atoms with Gasteiger partial charge in [0, 0.05) is 79.8 Å². The molecule has 0 unspecified atom stereocenters. The fraction of sp³-hybridized carbons (Fsp3) is 0.153. The van der Waals surface area contributed by atoms with E-state index in [1.54, 1.807) is 12.2 Å². The molecule has 0 radical (unpaired) electrons. The second-order valence-electron chi connectivity index (χ2n) is 18.5. The SMILES string of the molecule is COC(=O)C=Cc1cccc2c1nn1cc(-c3ccccc3)c(-c3ccc(C4(N)CCC4)cc3)nc21.NC(=O)/C=C/c1cccc2c1nn1cc(-c3ccccc3)c(-c3ccc(C4(N)CCC4)cc3)nc21. The number of primary amides is 1. The first-order valence-corrected chi connectivity index (χ1v) is 23.9. The number of hydrogen-bond donors (Lipinski definition) is 3. The molecule has 0 spiro atoms. The second-order valence-corrected chi connectivity index (χ2v) is 18.5. The zero-order valence-electron chi connectivity index (χ0n) is 39.2. The van der Waals surface area contributed by atoms with Crippen molar-refractivity contribution in [2.24, 2.45) is 17.2 Å². The molecule has 0 aliphatic heterocycles. The van der Waals surface area contributed by atoms with Crippen molar-refractivity contribution in [3.05, 3.63) is 192 Å². The number of ether oxygens (including phenoxy) is 1. The maximum atomic E-state index is 11.7. The number of carbonyl (C=O) groups excluding carboxylic acids is 2. The standard InChI is InChI=1S/C30H26N4O2.C29H25N5O/c1-36-26(35)16-13-21-9-5-10-24-28(21)33-34-19-25(20-7-3-2-4-8-20)27(32-29(24)34)22-11-14-23(15-12-22)30(31)17-6-18-30;30-25(35)15-12-20-8-4-9-23-27(20)33-34-18-24(19-6-2-1-3-7-19)26(32-28(23)34)21-10-13-22(14-11-21)29(31)16-5-17-29/h2-5,7-16,19H,6,17-18,31H2,1H3;1-4,6-15,18H,5,16-17,31H2,(H2,30,35)/b;15-12+. The predicted molar refractivity (Wildman–Crippen MR) is 281 cm³/mol. The lowest BCUT2D eigenvalue weighted by atomic mass is 9.72. The van der Waals surface area contributed by atoms with Crippen LogP contribution < -0.4 is 17.2 Å². The molecule has 0 saturated heterocycles. The Morgan fingerprint density at radius 2 is 0.958 bits per heavy atom. The molecule has 12 rings (SSSR count). The van der Waals surface area contributed by atoms with Gasteiger partial charge in [0.15, 0.2) is 11.3 Å². The number of fused-ring (bicyclic) bond motifs is 6. The number of carbonyl (C=O) groups is 2.